The van der Waals surface area contributed by atoms with Gasteiger partial charge in [0.1, 0.15) is 5.82 Å². The van der Waals surface area contributed by atoms with E-state index in [2.05, 4.69) is 41.5 Å². The number of anilines is 1. The molecule has 33 heavy (non-hydrogen) atoms. The SMILES string of the molecule is CC(C)c1ccccc1NC(=O)CSc1nnc(Cc2ccccc2)n1-c1ccc(Cl)cc1. The molecule has 0 bridgehead atoms. The van der Waals surface area contributed by atoms with Gasteiger partial charge in [0, 0.05) is 22.8 Å². The van der Waals surface area contributed by atoms with Crippen molar-refractivity contribution in [1.29, 1.82) is 0 Å². The number of hydrogen-bond acceptors (Lipinski definition) is 4. The Morgan fingerprint density at radius 1 is 0.970 bits per heavy atom. The van der Waals surface area contributed by atoms with Crippen molar-refractivity contribution < 1.29 is 4.79 Å². The van der Waals surface area contributed by atoms with Gasteiger partial charge in [-0.1, -0.05) is 85.7 Å². The maximum atomic E-state index is 12.7. The average Bonchev–Trinajstić information content (AvgIpc) is 3.21. The Labute approximate surface area is 203 Å². The topological polar surface area (TPSA) is 59.8 Å². The molecule has 1 amide bonds. The molecule has 0 aliphatic heterocycles. The van der Waals surface area contributed by atoms with Crippen LogP contribution in [0.4, 0.5) is 5.69 Å². The number of rotatable bonds is 8. The van der Waals surface area contributed by atoms with Crippen molar-refractivity contribution in [3.8, 4) is 5.69 Å². The van der Waals surface area contributed by atoms with E-state index < -0.39 is 0 Å². The van der Waals surface area contributed by atoms with Gasteiger partial charge in [-0.25, -0.2) is 0 Å². The van der Waals surface area contributed by atoms with Crippen molar-refractivity contribution in [2.75, 3.05) is 11.1 Å². The fourth-order valence-electron chi connectivity index (χ4n) is 3.57. The highest BCUT2D eigenvalue weighted by Crippen LogP contribution is 2.26. The first kappa shape index (κ1) is 23.1. The number of carbonyl (C=O) groups excluding carboxylic acids is 1. The number of aromatic nitrogens is 3. The molecule has 3 aromatic carbocycles. The number of hydrogen-bond donors (Lipinski definition) is 1. The largest absolute Gasteiger partial charge is 0.325 e. The quantitative estimate of drug-likeness (QED) is 0.300. The normalized spacial score (nSPS) is 11.0. The summed E-state index contributed by atoms with van der Waals surface area (Å²) < 4.78 is 1.99. The third-order valence-electron chi connectivity index (χ3n) is 5.18. The number of amides is 1. The predicted octanol–water partition coefficient (Wildman–Crippen LogP) is 6.37. The van der Waals surface area contributed by atoms with Crippen molar-refractivity contribution in [1.82, 2.24) is 14.8 Å². The van der Waals surface area contributed by atoms with Crippen LogP contribution in [0.1, 0.15) is 36.7 Å². The lowest BCUT2D eigenvalue weighted by molar-refractivity contribution is -0.113. The Morgan fingerprint density at radius 2 is 1.67 bits per heavy atom. The third kappa shape index (κ3) is 5.83. The van der Waals surface area contributed by atoms with Gasteiger partial charge in [0.2, 0.25) is 5.91 Å². The van der Waals surface area contributed by atoms with Gasteiger partial charge in [-0.2, -0.15) is 0 Å². The Morgan fingerprint density at radius 3 is 2.39 bits per heavy atom. The van der Waals surface area contributed by atoms with Gasteiger partial charge in [0.15, 0.2) is 5.16 Å². The molecule has 7 heteroatoms. The zero-order chi connectivity index (χ0) is 23.2. The molecule has 1 N–H and O–H groups in total. The smallest absolute Gasteiger partial charge is 0.234 e. The summed E-state index contributed by atoms with van der Waals surface area (Å²) in [5.74, 6) is 1.27. The molecule has 168 valence electrons. The lowest BCUT2D eigenvalue weighted by Crippen LogP contribution is -2.16. The molecule has 0 saturated heterocycles. The number of benzene rings is 3. The highest BCUT2D eigenvalue weighted by atomic mass is 35.5. The lowest BCUT2D eigenvalue weighted by Gasteiger charge is -2.14. The summed E-state index contributed by atoms with van der Waals surface area (Å²) in [6.07, 6.45) is 0.630. The second kappa shape index (κ2) is 10.7. The minimum atomic E-state index is -0.0802. The molecule has 0 atom stereocenters. The van der Waals surface area contributed by atoms with Crippen LogP contribution < -0.4 is 5.32 Å². The second-order valence-corrected chi connectivity index (χ2v) is 9.33. The summed E-state index contributed by atoms with van der Waals surface area (Å²) >= 11 is 7.46. The number of halogens is 1. The molecule has 0 radical (unpaired) electrons. The van der Waals surface area contributed by atoms with E-state index in [0.717, 1.165) is 28.3 Å². The maximum absolute atomic E-state index is 12.7. The van der Waals surface area contributed by atoms with Crippen LogP contribution in [0.5, 0.6) is 0 Å². The van der Waals surface area contributed by atoms with Crippen LogP contribution in [-0.4, -0.2) is 26.4 Å². The van der Waals surface area contributed by atoms with E-state index in [9.17, 15) is 4.79 Å². The molecule has 1 heterocycles. The molecule has 0 aliphatic carbocycles. The molecule has 0 spiro atoms. The lowest BCUT2D eigenvalue weighted by atomic mass is 10.0. The van der Waals surface area contributed by atoms with E-state index in [1.807, 2.05) is 71.3 Å². The number of thioether (sulfide) groups is 1. The second-order valence-electron chi connectivity index (χ2n) is 7.95. The summed E-state index contributed by atoms with van der Waals surface area (Å²) in [4.78, 5) is 12.7. The van der Waals surface area contributed by atoms with Crippen molar-refractivity contribution in [2.24, 2.45) is 0 Å². The van der Waals surface area contributed by atoms with Crippen LogP contribution in [0.2, 0.25) is 5.02 Å². The zero-order valence-electron chi connectivity index (χ0n) is 18.5. The van der Waals surface area contributed by atoms with E-state index in [1.54, 1.807) is 0 Å². The van der Waals surface area contributed by atoms with Gasteiger partial charge in [0.25, 0.3) is 0 Å². The summed E-state index contributed by atoms with van der Waals surface area (Å²) in [7, 11) is 0. The minimum Gasteiger partial charge on any atom is -0.325 e. The molecule has 0 saturated carbocycles. The van der Waals surface area contributed by atoms with Gasteiger partial charge in [-0.15, -0.1) is 10.2 Å². The van der Waals surface area contributed by atoms with Crippen molar-refractivity contribution in [3.63, 3.8) is 0 Å². The molecule has 0 fully saturated rings. The molecule has 0 aliphatic rings. The van der Waals surface area contributed by atoms with Crippen LogP contribution in [-0.2, 0) is 11.2 Å². The summed E-state index contributed by atoms with van der Waals surface area (Å²) in [5, 5.41) is 13.2. The molecule has 4 aromatic rings. The van der Waals surface area contributed by atoms with E-state index in [4.69, 9.17) is 11.6 Å². The highest BCUT2D eigenvalue weighted by molar-refractivity contribution is 7.99. The standard InChI is InChI=1S/C26H25ClN4OS/c1-18(2)22-10-6-7-11-23(22)28-25(32)17-33-26-30-29-24(16-19-8-4-3-5-9-19)31(26)21-14-12-20(27)13-15-21/h3-15,18H,16-17H2,1-2H3,(H,28,32). The molecule has 5 nitrogen and oxygen atoms in total. The molecule has 4 rings (SSSR count). The van der Waals surface area contributed by atoms with Gasteiger partial charge >= 0.3 is 0 Å². The average molecular weight is 477 g/mol. The van der Waals surface area contributed by atoms with Gasteiger partial charge in [0.05, 0.1) is 5.75 Å². The van der Waals surface area contributed by atoms with E-state index in [-0.39, 0.29) is 11.7 Å². The van der Waals surface area contributed by atoms with Crippen molar-refractivity contribution in [3.05, 3.63) is 101 Å². The summed E-state index contributed by atoms with van der Waals surface area (Å²) in [6, 6.07) is 25.6. The van der Waals surface area contributed by atoms with E-state index in [1.165, 1.54) is 11.8 Å². The Hall–Kier alpha value is -3.09. The summed E-state index contributed by atoms with van der Waals surface area (Å²) in [5.41, 5.74) is 4.01. The molecular weight excluding hydrogens is 452 g/mol. The monoisotopic (exact) mass is 476 g/mol. The van der Waals surface area contributed by atoms with Crippen LogP contribution >= 0.6 is 23.4 Å². The van der Waals surface area contributed by atoms with Crippen LogP contribution in [0.3, 0.4) is 0 Å². The Bertz CT molecular complexity index is 1220. The first-order valence-corrected chi connectivity index (χ1v) is 12.1. The van der Waals surface area contributed by atoms with E-state index in [0.29, 0.717) is 22.5 Å². The van der Waals surface area contributed by atoms with Gasteiger partial charge < -0.3 is 5.32 Å². The maximum Gasteiger partial charge on any atom is 0.234 e. The molecule has 1 aromatic heterocycles. The minimum absolute atomic E-state index is 0.0802. The first-order valence-electron chi connectivity index (χ1n) is 10.8. The Balaban J connectivity index is 1.55. The highest BCUT2D eigenvalue weighted by Gasteiger charge is 2.17. The van der Waals surface area contributed by atoms with Gasteiger partial charge in [-0.3, -0.25) is 9.36 Å². The van der Waals surface area contributed by atoms with E-state index >= 15 is 0 Å². The number of nitrogens with one attached hydrogen (secondary N) is 1. The van der Waals surface area contributed by atoms with Crippen LogP contribution in [0.25, 0.3) is 5.69 Å². The number of para-hydroxylation sites is 1. The van der Waals surface area contributed by atoms with Crippen molar-refractivity contribution in [2.45, 2.75) is 31.3 Å². The molecule has 0 unspecified atom stereocenters. The van der Waals surface area contributed by atoms with Crippen LogP contribution in [0, 0.1) is 0 Å². The predicted molar refractivity (Wildman–Crippen MR) is 136 cm³/mol. The number of carbonyl (C=O) groups is 1. The van der Waals surface area contributed by atoms with Crippen LogP contribution in [0.15, 0.2) is 84.0 Å². The fourth-order valence-corrected chi connectivity index (χ4v) is 4.46. The van der Waals surface area contributed by atoms with Gasteiger partial charge in [-0.05, 0) is 47.4 Å². The zero-order valence-corrected chi connectivity index (χ0v) is 20.1. The number of nitrogens with zero attached hydrogens (tertiary/aromatic N) is 3. The third-order valence-corrected chi connectivity index (χ3v) is 6.36. The van der Waals surface area contributed by atoms with Crippen molar-refractivity contribution >= 4 is 35.0 Å². The Kier molecular flexibility index (Phi) is 7.47. The fraction of sp³-hybridized carbons (Fsp3) is 0.192. The molecular formula is C26H25ClN4OS. The summed E-state index contributed by atoms with van der Waals surface area (Å²) in [6.45, 7) is 4.23. The first-order chi connectivity index (χ1) is 16.0.